The standard InChI is InChI=1S/C22H19N7O3/c1-27(16-10-6-3-7-11-16)17(30)14-28-12-13-29-19(22(28)31)18(24-26-29)21-23-20(25-32-21)15-8-4-2-5-9-15/h2-11H,12-14H2,1H3. The van der Waals surface area contributed by atoms with E-state index in [0.717, 1.165) is 11.3 Å². The normalized spacial score (nSPS) is 13.2. The maximum absolute atomic E-state index is 13.2. The molecule has 10 nitrogen and oxygen atoms in total. The van der Waals surface area contributed by atoms with Crippen LogP contribution in [0, 0.1) is 0 Å². The Balaban J connectivity index is 1.38. The summed E-state index contributed by atoms with van der Waals surface area (Å²) in [5.74, 6) is -0.0585. The van der Waals surface area contributed by atoms with Crippen molar-refractivity contribution in [2.45, 2.75) is 6.54 Å². The number of amides is 2. The highest BCUT2D eigenvalue weighted by Gasteiger charge is 2.34. The summed E-state index contributed by atoms with van der Waals surface area (Å²) in [5, 5.41) is 12.1. The van der Waals surface area contributed by atoms with Gasteiger partial charge in [-0.05, 0) is 12.1 Å². The average molecular weight is 429 g/mol. The lowest BCUT2D eigenvalue weighted by Gasteiger charge is -2.28. The monoisotopic (exact) mass is 429 g/mol. The molecular formula is C22H19N7O3. The van der Waals surface area contributed by atoms with Crippen LogP contribution in [0.3, 0.4) is 0 Å². The minimum absolute atomic E-state index is 0.0616. The van der Waals surface area contributed by atoms with Crippen molar-refractivity contribution in [2.75, 3.05) is 25.0 Å². The highest BCUT2D eigenvalue weighted by molar-refractivity contribution is 6.02. The zero-order valence-corrected chi connectivity index (χ0v) is 17.3. The minimum Gasteiger partial charge on any atom is -0.332 e. The average Bonchev–Trinajstić information content (AvgIpc) is 3.49. The second kappa shape index (κ2) is 8.06. The molecular weight excluding hydrogens is 410 g/mol. The van der Waals surface area contributed by atoms with Crippen molar-refractivity contribution in [2.24, 2.45) is 0 Å². The van der Waals surface area contributed by atoms with Gasteiger partial charge in [0.25, 0.3) is 11.8 Å². The lowest BCUT2D eigenvalue weighted by atomic mass is 10.2. The van der Waals surface area contributed by atoms with Crippen molar-refractivity contribution in [3.63, 3.8) is 0 Å². The molecule has 0 unspecified atom stereocenters. The van der Waals surface area contributed by atoms with Crippen molar-refractivity contribution in [1.82, 2.24) is 30.0 Å². The first kappa shape index (κ1) is 19.6. The van der Waals surface area contributed by atoms with Crippen LogP contribution in [0.15, 0.2) is 65.2 Å². The molecule has 32 heavy (non-hydrogen) atoms. The molecule has 0 saturated heterocycles. The molecule has 0 radical (unpaired) electrons. The van der Waals surface area contributed by atoms with Crippen LogP contribution in [0.25, 0.3) is 23.0 Å². The number of para-hydroxylation sites is 1. The molecule has 2 amide bonds. The van der Waals surface area contributed by atoms with Gasteiger partial charge in [0.15, 0.2) is 11.4 Å². The molecule has 0 N–H and O–H groups in total. The van der Waals surface area contributed by atoms with E-state index in [4.69, 9.17) is 4.52 Å². The molecule has 10 heteroatoms. The first-order valence-electron chi connectivity index (χ1n) is 10.1. The second-order valence-corrected chi connectivity index (χ2v) is 7.31. The summed E-state index contributed by atoms with van der Waals surface area (Å²) in [6.45, 7) is 0.701. The SMILES string of the molecule is CN(C(=O)CN1CCn2nnc(-c3nc(-c4ccccc4)no3)c2C1=O)c1ccccc1. The maximum Gasteiger partial charge on any atom is 0.281 e. The molecule has 4 aromatic rings. The Kier molecular flexibility index (Phi) is 4.94. The topological polar surface area (TPSA) is 110 Å². The Morgan fingerprint density at radius 2 is 1.78 bits per heavy atom. The minimum atomic E-state index is -0.356. The van der Waals surface area contributed by atoms with E-state index in [1.54, 1.807) is 7.05 Å². The number of rotatable bonds is 5. The Labute approximate surface area is 183 Å². The van der Waals surface area contributed by atoms with E-state index in [1.165, 1.54) is 14.5 Å². The van der Waals surface area contributed by atoms with Gasteiger partial charge in [-0.15, -0.1) is 5.10 Å². The van der Waals surface area contributed by atoms with E-state index in [-0.39, 0.29) is 35.6 Å². The molecule has 1 aliphatic heterocycles. The number of hydrogen-bond acceptors (Lipinski definition) is 7. The van der Waals surface area contributed by atoms with Crippen molar-refractivity contribution in [3.05, 3.63) is 66.4 Å². The molecule has 0 fully saturated rings. The lowest BCUT2D eigenvalue weighted by molar-refractivity contribution is -0.119. The Hall–Kier alpha value is -4.34. The van der Waals surface area contributed by atoms with Crippen molar-refractivity contribution < 1.29 is 14.1 Å². The lowest BCUT2D eigenvalue weighted by Crippen LogP contribution is -2.46. The van der Waals surface area contributed by atoms with Crippen molar-refractivity contribution in [3.8, 4) is 23.0 Å². The third kappa shape index (κ3) is 3.51. The summed E-state index contributed by atoms with van der Waals surface area (Å²) in [7, 11) is 1.69. The third-order valence-corrected chi connectivity index (χ3v) is 5.31. The van der Waals surface area contributed by atoms with E-state index >= 15 is 0 Å². The maximum atomic E-state index is 13.2. The van der Waals surface area contributed by atoms with Gasteiger partial charge in [-0.1, -0.05) is 58.9 Å². The predicted molar refractivity (Wildman–Crippen MR) is 115 cm³/mol. The molecule has 0 atom stereocenters. The summed E-state index contributed by atoms with van der Waals surface area (Å²) in [6.07, 6.45) is 0. The van der Waals surface area contributed by atoms with Crippen LogP contribution in [0.2, 0.25) is 0 Å². The molecule has 0 aliphatic carbocycles. The molecule has 2 aromatic heterocycles. The fraction of sp³-hybridized carbons (Fsp3) is 0.182. The van der Waals surface area contributed by atoms with Crippen molar-refractivity contribution >= 4 is 17.5 Å². The number of carbonyl (C=O) groups excluding carboxylic acids is 2. The Bertz CT molecular complexity index is 1270. The van der Waals surface area contributed by atoms with Gasteiger partial charge in [0.2, 0.25) is 11.7 Å². The molecule has 160 valence electrons. The largest absolute Gasteiger partial charge is 0.332 e. The quantitative estimate of drug-likeness (QED) is 0.478. The van der Waals surface area contributed by atoms with Crippen LogP contribution >= 0.6 is 0 Å². The molecule has 0 bridgehead atoms. The number of carbonyl (C=O) groups is 2. The van der Waals surface area contributed by atoms with E-state index in [1.807, 2.05) is 60.7 Å². The second-order valence-electron chi connectivity index (χ2n) is 7.31. The Morgan fingerprint density at radius 1 is 1.06 bits per heavy atom. The van der Waals surface area contributed by atoms with E-state index in [2.05, 4.69) is 20.5 Å². The number of aromatic nitrogens is 5. The molecule has 2 aromatic carbocycles. The van der Waals surface area contributed by atoms with Gasteiger partial charge in [0.05, 0.1) is 6.54 Å². The first-order valence-corrected chi connectivity index (χ1v) is 10.1. The Morgan fingerprint density at radius 3 is 2.53 bits per heavy atom. The third-order valence-electron chi connectivity index (χ3n) is 5.31. The van der Waals surface area contributed by atoms with E-state index in [0.29, 0.717) is 18.9 Å². The molecule has 0 spiro atoms. The first-order chi connectivity index (χ1) is 15.6. The van der Waals surface area contributed by atoms with Gasteiger partial charge in [-0.3, -0.25) is 9.59 Å². The van der Waals surface area contributed by atoms with Crippen LogP contribution in [0.4, 0.5) is 5.69 Å². The number of fused-ring (bicyclic) bond motifs is 1. The van der Waals surface area contributed by atoms with Crippen LogP contribution < -0.4 is 4.90 Å². The molecule has 1 aliphatic rings. The number of nitrogens with zero attached hydrogens (tertiary/aromatic N) is 7. The zero-order valence-electron chi connectivity index (χ0n) is 17.3. The van der Waals surface area contributed by atoms with Gasteiger partial charge < -0.3 is 14.3 Å². The van der Waals surface area contributed by atoms with Crippen LogP contribution in [0.5, 0.6) is 0 Å². The number of anilines is 1. The molecule has 0 saturated carbocycles. The summed E-state index contributed by atoms with van der Waals surface area (Å²) in [4.78, 5) is 33.4. The van der Waals surface area contributed by atoms with Gasteiger partial charge >= 0.3 is 0 Å². The van der Waals surface area contributed by atoms with E-state index in [9.17, 15) is 9.59 Å². The van der Waals surface area contributed by atoms with Crippen LogP contribution in [0.1, 0.15) is 10.5 Å². The van der Waals surface area contributed by atoms with E-state index < -0.39 is 0 Å². The highest BCUT2D eigenvalue weighted by Crippen LogP contribution is 2.26. The summed E-state index contributed by atoms with van der Waals surface area (Å²) >= 11 is 0. The van der Waals surface area contributed by atoms with Crippen molar-refractivity contribution in [1.29, 1.82) is 0 Å². The molecule has 3 heterocycles. The summed E-state index contributed by atoms with van der Waals surface area (Å²) in [5.41, 5.74) is 1.98. The van der Waals surface area contributed by atoms with Crippen LogP contribution in [-0.2, 0) is 11.3 Å². The zero-order chi connectivity index (χ0) is 22.1. The summed E-state index contributed by atoms with van der Waals surface area (Å²) in [6, 6.07) is 18.6. The number of hydrogen-bond donors (Lipinski definition) is 0. The smallest absolute Gasteiger partial charge is 0.281 e. The van der Waals surface area contributed by atoms with Gasteiger partial charge in [0.1, 0.15) is 6.54 Å². The van der Waals surface area contributed by atoms with Gasteiger partial charge in [-0.25, -0.2) is 4.68 Å². The van der Waals surface area contributed by atoms with Crippen LogP contribution in [-0.4, -0.2) is 62.0 Å². The molecule has 5 rings (SSSR count). The van der Waals surface area contributed by atoms with Gasteiger partial charge in [-0.2, -0.15) is 4.98 Å². The fourth-order valence-corrected chi connectivity index (χ4v) is 3.53. The van der Waals surface area contributed by atoms with Gasteiger partial charge in [0, 0.05) is 24.8 Å². The highest BCUT2D eigenvalue weighted by atomic mass is 16.5. The number of likely N-dealkylation sites (N-methyl/N-ethyl adjacent to an activating group) is 1. The number of benzene rings is 2. The predicted octanol–water partition coefficient (Wildman–Crippen LogP) is 2.11. The summed E-state index contributed by atoms with van der Waals surface area (Å²) < 4.78 is 6.87. The fourth-order valence-electron chi connectivity index (χ4n) is 3.53.